The number of rotatable bonds is 1. The summed E-state index contributed by atoms with van der Waals surface area (Å²) in [6, 6.07) is 9.02. The number of carbonyl (C=O) groups excluding carboxylic acids is 3. The number of carbonyl (C=O) groups is 3. The number of fused-ring (bicyclic) bond motifs is 5. The van der Waals surface area contributed by atoms with E-state index < -0.39 is 11.3 Å². The van der Waals surface area contributed by atoms with Crippen LogP contribution in [-0.4, -0.2) is 17.6 Å². The number of Topliss-reactive ketones (excluding diaryl/α,β-unsaturated/α-hetero) is 1. The van der Waals surface area contributed by atoms with Crippen LogP contribution in [0.2, 0.25) is 0 Å². The van der Waals surface area contributed by atoms with Crippen molar-refractivity contribution in [1.82, 2.24) is 0 Å². The number of benzene rings is 1. The van der Waals surface area contributed by atoms with E-state index in [0.717, 1.165) is 0 Å². The van der Waals surface area contributed by atoms with Crippen LogP contribution in [0.4, 0.5) is 5.69 Å². The quantitative estimate of drug-likeness (QED) is 0.742. The SMILES string of the molecule is C[C@@]12CC(=O)[C@@](C)(C1)[C@@H]1C(=O)N(c3ccccc3)C(=O)[C@@H]12. The van der Waals surface area contributed by atoms with Gasteiger partial charge in [0.2, 0.25) is 11.8 Å². The van der Waals surface area contributed by atoms with Crippen molar-refractivity contribution in [2.75, 3.05) is 4.90 Å². The maximum absolute atomic E-state index is 12.8. The standard InChI is InChI=1S/C17H17NO3/c1-16-8-11(19)17(2,9-16)13-12(16)14(20)18(15(13)21)10-6-4-3-5-7-10/h3-7,12-13H,8-9H2,1-2H3/t12-,13+,16-,17-/m1/s1. The zero-order valence-electron chi connectivity index (χ0n) is 12.1. The molecule has 4 atom stereocenters. The van der Waals surface area contributed by atoms with Gasteiger partial charge >= 0.3 is 0 Å². The highest BCUT2D eigenvalue weighted by Gasteiger charge is 2.74. The van der Waals surface area contributed by atoms with E-state index in [1.54, 1.807) is 12.1 Å². The van der Waals surface area contributed by atoms with Crippen LogP contribution >= 0.6 is 0 Å². The van der Waals surface area contributed by atoms with Gasteiger partial charge in [-0.05, 0) is 24.0 Å². The summed E-state index contributed by atoms with van der Waals surface area (Å²) in [5.41, 5.74) is -0.399. The third kappa shape index (κ3) is 1.33. The van der Waals surface area contributed by atoms with Gasteiger partial charge in [0.25, 0.3) is 0 Å². The molecule has 108 valence electrons. The third-order valence-corrected chi connectivity index (χ3v) is 5.73. The summed E-state index contributed by atoms with van der Waals surface area (Å²) in [6.07, 6.45) is 1.08. The van der Waals surface area contributed by atoms with E-state index in [2.05, 4.69) is 0 Å². The highest BCUT2D eigenvalue weighted by atomic mass is 16.2. The molecule has 1 heterocycles. The predicted octanol–water partition coefficient (Wildman–Crippen LogP) is 2.18. The summed E-state index contributed by atoms with van der Waals surface area (Å²) in [5, 5.41) is 0. The summed E-state index contributed by atoms with van der Waals surface area (Å²) in [5.74, 6) is -1.00. The number of anilines is 1. The number of hydrogen-bond donors (Lipinski definition) is 0. The first-order valence-electron chi connectivity index (χ1n) is 7.35. The molecule has 21 heavy (non-hydrogen) atoms. The molecule has 3 fully saturated rings. The predicted molar refractivity (Wildman–Crippen MR) is 76.4 cm³/mol. The molecule has 1 aliphatic heterocycles. The van der Waals surface area contributed by atoms with E-state index in [9.17, 15) is 14.4 Å². The van der Waals surface area contributed by atoms with E-state index in [0.29, 0.717) is 18.5 Å². The van der Waals surface area contributed by atoms with Crippen LogP contribution in [0.25, 0.3) is 0 Å². The molecule has 4 rings (SSSR count). The lowest BCUT2D eigenvalue weighted by atomic mass is 9.68. The molecule has 4 nitrogen and oxygen atoms in total. The first-order chi connectivity index (χ1) is 9.88. The average molecular weight is 283 g/mol. The van der Waals surface area contributed by atoms with Gasteiger partial charge in [0, 0.05) is 11.8 Å². The Bertz CT molecular complexity index is 683. The van der Waals surface area contributed by atoms with Gasteiger partial charge in [0.1, 0.15) is 5.78 Å². The van der Waals surface area contributed by atoms with E-state index >= 15 is 0 Å². The molecule has 3 aliphatic rings. The lowest BCUT2D eigenvalue weighted by molar-refractivity contribution is -0.138. The maximum Gasteiger partial charge on any atom is 0.238 e. The molecule has 2 bridgehead atoms. The van der Waals surface area contributed by atoms with Gasteiger partial charge < -0.3 is 0 Å². The van der Waals surface area contributed by atoms with E-state index in [-0.39, 0.29) is 28.9 Å². The second kappa shape index (κ2) is 3.62. The Hall–Kier alpha value is -1.97. The Morgan fingerprint density at radius 3 is 2.29 bits per heavy atom. The van der Waals surface area contributed by atoms with Crippen molar-refractivity contribution < 1.29 is 14.4 Å². The molecular weight excluding hydrogens is 266 g/mol. The lowest BCUT2D eigenvalue weighted by Crippen LogP contribution is -2.40. The van der Waals surface area contributed by atoms with Crippen molar-refractivity contribution in [3.8, 4) is 0 Å². The van der Waals surface area contributed by atoms with Crippen molar-refractivity contribution in [3.05, 3.63) is 30.3 Å². The van der Waals surface area contributed by atoms with Gasteiger partial charge in [0.15, 0.2) is 0 Å². The van der Waals surface area contributed by atoms with E-state index in [1.807, 2.05) is 32.0 Å². The third-order valence-electron chi connectivity index (χ3n) is 5.73. The first kappa shape index (κ1) is 12.7. The van der Waals surface area contributed by atoms with Gasteiger partial charge in [-0.25, -0.2) is 0 Å². The fourth-order valence-electron chi connectivity index (χ4n) is 4.92. The second-order valence-electron chi connectivity index (χ2n) is 7.15. The van der Waals surface area contributed by atoms with Crippen LogP contribution in [0.3, 0.4) is 0 Å². The molecule has 0 radical (unpaired) electrons. The van der Waals surface area contributed by atoms with Crippen LogP contribution in [0.5, 0.6) is 0 Å². The summed E-state index contributed by atoms with van der Waals surface area (Å²) in [7, 11) is 0. The average Bonchev–Trinajstić information content (AvgIpc) is 2.93. The number of imide groups is 1. The molecular formula is C17H17NO3. The van der Waals surface area contributed by atoms with Gasteiger partial charge in [-0.1, -0.05) is 32.0 Å². The molecule has 2 amide bonds. The Labute approximate surface area is 123 Å². The Morgan fingerprint density at radius 2 is 1.62 bits per heavy atom. The molecule has 1 aromatic rings. The fraction of sp³-hybridized carbons (Fsp3) is 0.471. The van der Waals surface area contributed by atoms with Crippen molar-refractivity contribution >= 4 is 23.3 Å². The van der Waals surface area contributed by atoms with Gasteiger partial charge in [-0.2, -0.15) is 0 Å². The van der Waals surface area contributed by atoms with Crippen molar-refractivity contribution in [2.45, 2.75) is 26.7 Å². The van der Waals surface area contributed by atoms with Gasteiger partial charge in [0.05, 0.1) is 17.5 Å². The normalized spacial score (nSPS) is 41.0. The van der Waals surface area contributed by atoms with Crippen LogP contribution in [0.1, 0.15) is 26.7 Å². The molecule has 1 aromatic carbocycles. The highest BCUT2D eigenvalue weighted by molar-refractivity contribution is 6.24. The number of hydrogen-bond acceptors (Lipinski definition) is 3. The Morgan fingerprint density at radius 1 is 1.00 bits per heavy atom. The summed E-state index contributed by atoms with van der Waals surface area (Å²) < 4.78 is 0. The molecule has 0 aromatic heterocycles. The molecule has 0 unspecified atom stereocenters. The minimum absolute atomic E-state index is 0.130. The molecule has 4 heteroatoms. The second-order valence-corrected chi connectivity index (χ2v) is 7.15. The topological polar surface area (TPSA) is 54.5 Å². The Kier molecular flexibility index (Phi) is 2.19. The van der Waals surface area contributed by atoms with Crippen molar-refractivity contribution in [1.29, 1.82) is 0 Å². The maximum atomic E-state index is 12.8. The number of amides is 2. The van der Waals surface area contributed by atoms with Crippen LogP contribution in [0.15, 0.2) is 30.3 Å². The monoisotopic (exact) mass is 283 g/mol. The zero-order chi connectivity index (χ0) is 15.0. The van der Waals surface area contributed by atoms with E-state index in [4.69, 9.17) is 0 Å². The Balaban J connectivity index is 1.84. The van der Waals surface area contributed by atoms with Crippen LogP contribution in [0, 0.1) is 22.7 Å². The molecule has 2 saturated carbocycles. The van der Waals surface area contributed by atoms with Crippen molar-refractivity contribution in [2.24, 2.45) is 22.7 Å². The summed E-state index contributed by atoms with van der Waals surface area (Å²) in [6.45, 7) is 3.85. The molecule has 1 saturated heterocycles. The smallest absolute Gasteiger partial charge is 0.238 e. The highest BCUT2D eigenvalue weighted by Crippen LogP contribution is 2.67. The fourth-order valence-corrected chi connectivity index (χ4v) is 4.92. The number of nitrogens with zero attached hydrogens (tertiary/aromatic N) is 1. The minimum Gasteiger partial charge on any atom is -0.299 e. The summed E-state index contributed by atoms with van der Waals surface area (Å²) >= 11 is 0. The molecule has 0 spiro atoms. The zero-order valence-corrected chi connectivity index (χ0v) is 12.1. The first-order valence-corrected chi connectivity index (χ1v) is 7.35. The van der Waals surface area contributed by atoms with Crippen LogP contribution in [-0.2, 0) is 14.4 Å². The van der Waals surface area contributed by atoms with Gasteiger partial charge in [-0.3, -0.25) is 19.3 Å². The van der Waals surface area contributed by atoms with Gasteiger partial charge in [-0.15, -0.1) is 0 Å². The summed E-state index contributed by atoms with van der Waals surface area (Å²) in [4.78, 5) is 39.3. The minimum atomic E-state index is -0.657. The largest absolute Gasteiger partial charge is 0.299 e. The van der Waals surface area contributed by atoms with E-state index in [1.165, 1.54) is 4.90 Å². The van der Waals surface area contributed by atoms with Crippen LogP contribution < -0.4 is 4.90 Å². The molecule has 0 N–H and O–H groups in total. The molecule has 2 aliphatic carbocycles. The van der Waals surface area contributed by atoms with Crippen molar-refractivity contribution in [3.63, 3.8) is 0 Å². The number of ketones is 1. The number of para-hydroxylation sites is 1. The lowest BCUT2D eigenvalue weighted by Gasteiger charge is -2.30.